The maximum absolute atomic E-state index is 16.7. The van der Waals surface area contributed by atoms with E-state index in [4.69, 9.17) is 4.74 Å². The van der Waals surface area contributed by atoms with Crippen molar-refractivity contribution in [3.63, 3.8) is 0 Å². The van der Waals surface area contributed by atoms with E-state index >= 15 is 4.39 Å². The molecule has 2 aromatic heterocycles. The summed E-state index contributed by atoms with van der Waals surface area (Å²) in [6.07, 6.45) is 0.371. The van der Waals surface area contributed by atoms with E-state index in [9.17, 15) is 23.4 Å². The Bertz CT molecular complexity index is 1750. The second kappa shape index (κ2) is 11.0. The third-order valence-corrected chi connectivity index (χ3v) is 9.31. The molecule has 44 heavy (non-hydrogen) atoms. The molecule has 3 saturated heterocycles. The quantitative estimate of drug-likeness (QED) is 0.286. The van der Waals surface area contributed by atoms with E-state index in [2.05, 4.69) is 19.9 Å². The molecule has 2 aromatic carbocycles. The normalized spacial score (nSPS) is 25.7. The standard InChI is InChI=1S/C32H33F4N5O3/c1-2-22-25(35)5-4-17-8-20(42)10-23(26(17)22)28-27(36)29-24(12-37-28)30(40-13-18(33)9-21(43)15-40)39-31(38-29)44-16-32-6-3-7-41(32)14-19(34)11-32/h4-5,8,10,12,18-19,21,42-43H,2-3,6-7,9,11,13-16H2,1H3/t18-,19?,21+,32+/m1/s1. The molecule has 0 radical (unpaired) electrons. The molecule has 3 fully saturated rings. The Morgan fingerprint density at radius 3 is 2.73 bits per heavy atom. The number of aliphatic hydroxyl groups excluding tert-OH is 1. The molecule has 0 amide bonds. The number of anilines is 1. The minimum Gasteiger partial charge on any atom is -0.508 e. The number of fused-ring (bicyclic) bond motifs is 3. The number of pyridine rings is 1. The summed E-state index contributed by atoms with van der Waals surface area (Å²) in [5.41, 5.74) is -0.284. The molecule has 3 aliphatic heterocycles. The SMILES string of the molecule is CCc1c(F)ccc2cc(O)cc(-c3ncc4c(N5C[C@@H](O)C[C@@H](F)C5)nc(OC[C@@]56CCCN5CC(F)C6)nc4c3F)c12. The lowest BCUT2D eigenvalue weighted by molar-refractivity contribution is 0.106. The molecular weight excluding hydrogens is 578 g/mol. The van der Waals surface area contributed by atoms with Gasteiger partial charge in [-0.3, -0.25) is 9.88 Å². The van der Waals surface area contributed by atoms with Crippen molar-refractivity contribution in [3.05, 3.63) is 47.7 Å². The fraction of sp³-hybridized carbons (Fsp3) is 0.469. The van der Waals surface area contributed by atoms with Gasteiger partial charge in [0, 0.05) is 37.7 Å². The Morgan fingerprint density at radius 2 is 1.93 bits per heavy atom. The number of aromatic nitrogens is 3. The molecule has 7 rings (SSSR count). The van der Waals surface area contributed by atoms with Gasteiger partial charge in [0.05, 0.1) is 23.6 Å². The highest BCUT2D eigenvalue weighted by Gasteiger charge is 2.49. The third kappa shape index (κ3) is 4.88. The first-order valence-electron chi connectivity index (χ1n) is 15.1. The first-order chi connectivity index (χ1) is 21.2. The largest absolute Gasteiger partial charge is 0.508 e. The van der Waals surface area contributed by atoms with Crippen LogP contribution in [-0.2, 0) is 6.42 Å². The molecule has 232 valence electrons. The zero-order chi connectivity index (χ0) is 30.7. The first kappa shape index (κ1) is 29.0. The van der Waals surface area contributed by atoms with Gasteiger partial charge in [0.2, 0.25) is 0 Å². The van der Waals surface area contributed by atoms with Gasteiger partial charge in [-0.05, 0) is 60.3 Å². The highest BCUT2D eigenvalue weighted by atomic mass is 19.1. The molecule has 5 heterocycles. The number of aliphatic hydroxyl groups is 1. The van der Waals surface area contributed by atoms with Crippen LogP contribution in [0.5, 0.6) is 11.8 Å². The molecule has 12 heteroatoms. The number of β-amino-alcohol motifs (C(OH)–C–C–N with tert-alkyl or cyclic N) is 1. The Kier molecular flexibility index (Phi) is 7.24. The summed E-state index contributed by atoms with van der Waals surface area (Å²) in [4.78, 5) is 17.0. The summed E-state index contributed by atoms with van der Waals surface area (Å²) in [5, 5.41) is 21.9. The minimum absolute atomic E-state index is 0.0245. The average Bonchev–Trinajstić information content (AvgIpc) is 3.51. The highest BCUT2D eigenvalue weighted by Crippen LogP contribution is 2.42. The van der Waals surface area contributed by atoms with Crippen molar-refractivity contribution in [2.45, 2.75) is 63.0 Å². The molecule has 2 N–H and O–H groups in total. The minimum atomic E-state index is -1.34. The summed E-state index contributed by atoms with van der Waals surface area (Å²) >= 11 is 0. The number of piperidine rings is 1. The number of aromatic hydroxyl groups is 1. The zero-order valence-corrected chi connectivity index (χ0v) is 24.2. The van der Waals surface area contributed by atoms with Crippen LogP contribution < -0.4 is 9.64 Å². The van der Waals surface area contributed by atoms with Crippen molar-refractivity contribution >= 4 is 27.5 Å². The molecule has 8 nitrogen and oxygen atoms in total. The molecule has 0 saturated carbocycles. The fourth-order valence-corrected chi connectivity index (χ4v) is 7.38. The topological polar surface area (TPSA) is 94.8 Å². The predicted octanol–water partition coefficient (Wildman–Crippen LogP) is 5.26. The van der Waals surface area contributed by atoms with Crippen LogP contribution in [0.4, 0.5) is 23.4 Å². The molecule has 4 atom stereocenters. The lowest BCUT2D eigenvalue weighted by Gasteiger charge is -2.34. The van der Waals surface area contributed by atoms with Crippen LogP contribution in [0, 0.1) is 11.6 Å². The van der Waals surface area contributed by atoms with Crippen LogP contribution in [0.15, 0.2) is 30.5 Å². The van der Waals surface area contributed by atoms with Gasteiger partial charge in [0.15, 0.2) is 5.82 Å². The highest BCUT2D eigenvalue weighted by molar-refractivity contribution is 6.01. The Labute approximate surface area is 251 Å². The molecule has 3 aliphatic rings. The van der Waals surface area contributed by atoms with Gasteiger partial charge in [-0.2, -0.15) is 9.97 Å². The van der Waals surface area contributed by atoms with Crippen LogP contribution in [0.1, 0.15) is 38.2 Å². The van der Waals surface area contributed by atoms with Crippen molar-refractivity contribution in [2.75, 3.05) is 37.7 Å². The van der Waals surface area contributed by atoms with E-state index < -0.39 is 35.6 Å². The third-order valence-electron chi connectivity index (χ3n) is 9.31. The number of hydrogen-bond donors (Lipinski definition) is 2. The number of benzene rings is 2. The van der Waals surface area contributed by atoms with E-state index in [1.165, 1.54) is 35.4 Å². The van der Waals surface area contributed by atoms with E-state index in [-0.39, 0.29) is 65.9 Å². The van der Waals surface area contributed by atoms with Gasteiger partial charge in [0.1, 0.15) is 47.5 Å². The lowest BCUT2D eigenvalue weighted by atomic mass is 9.94. The summed E-state index contributed by atoms with van der Waals surface area (Å²) in [6, 6.07) is 5.48. The molecule has 0 aliphatic carbocycles. The number of phenols is 1. The first-order valence-corrected chi connectivity index (χ1v) is 15.1. The molecule has 4 aromatic rings. The maximum Gasteiger partial charge on any atom is 0.319 e. The van der Waals surface area contributed by atoms with Crippen LogP contribution >= 0.6 is 0 Å². The molecule has 1 unspecified atom stereocenters. The van der Waals surface area contributed by atoms with Crippen LogP contribution in [-0.4, -0.2) is 86.8 Å². The second-order valence-corrected chi connectivity index (χ2v) is 12.2. The fourth-order valence-electron chi connectivity index (χ4n) is 7.38. The van der Waals surface area contributed by atoms with Crippen molar-refractivity contribution in [2.24, 2.45) is 0 Å². The number of nitrogens with zero attached hydrogens (tertiary/aromatic N) is 5. The summed E-state index contributed by atoms with van der Waals surface area (Å²) in [7, 11) is 0. The average molecular weight is 612 g/mol. The monoisotopic (exact) mass is 611 g/mol. The number of aryl methyl sites for hydroxylation is 1. The summed E-state index contributed by atoms with van der Waals surface area (Å²) in [5.74, 6) is -1.30. The van der Waals surface area contributed by atoms with Crippen molar-refractivity contribution in [3.8, 4) is 23.0 Å². The Hall–Kier alpha value is -3.77. The van der Waals surface area contributed by atoms with E-state index in [0.717, 1.165) is 19.4 Å². The lowest BCUT2D eigenvalue weighted by Crippen LogP contribution is -2.45. The number of hydrogen-bond acceptors (Lipinski definition) is 8. The van der Waals surface area contributed by atoms with Crippen LogP contribution in [0.2, 0.25) is 0 Å². The van der Waals surface area contributed by atoms with E-state index in [0.29, 0.717) is 35.7 Å². The Balaban J connectivity index is 1.38. The summed E-state index contributed by atoms with van der Waals surface area (Å²) in [6.45, 7) is 2.96. The van der Waals surface area contributed by atoms with Gasteiger partial charge < -0.3 is 19.8 Å². The Morgan fingerprint density at radius 1 is 1.09 bits per heavy atom. The van der Waals surface area contributed by atoms with E-state index in [1.807, 2.05) is 0 Å². The van der Waals surface area contributed by atoms with Crippen LogP contribution in [0.25, 0.3) is 32.9 Å². The van der Waals surface area contributed by atoms with Crippen molar-refractivity contribution < 1.29 is 32.5 Å². The van der Waals surface area contributed by atoms with Crippen molar-refractivity contribution in [1.29, 1.82) is 0 Å². The second-order valence-electron chi connectivity index (χ2n) is 12.2. The van der Waals surface area contributed by atoms with E-state index in [1.54, 1.807) is 6.92 Å². The van der Waals surface area contributed by atoms with Gasteiger partial charge in [-0.1, -0.05) is 13.0 Å². The van der Waals surface area contributed by atoms with Gasteiger partial charge in [-0.15, -0.1) is 0 Å². The van der Waals surface area contributed by atoms with Crippen molar-refractivity contribution in [1.82, 2.24) is 19.9 Å². The molecular formula is C32H33F4N5O3. The number of halogens is 4. The molecule has 0 spiro atoms. The number of phenolic OH excluding ortho intramolecular Hbond substituents is 1. The van der Waals surface area contributed by atoms with Crippen LogP contribution in [0.3, 0.4) is 0 Å². The predicted molar refractivity (Wildman–Crippen MR) is 158 cm³/mol. The molecule has 0 bridgehead atoms. The van der Waals surface area contributed by atoms with Gasteiger partial charge in [-0.25, -0.2) is 17.6 Å². The summed E-state index contributed by atoms with van der Waals surface area (Å²) < 4.78 is 66.6. The van der Waals surface area contributed by atoms with Gasteiger partial charge in [0.25, 0.3) is 0 Å². The smallest absolute Gasteiger partial charge is 0.319 e. The number of ether oxygens (including phenoxy) is 1. The zero-order valence-electron chi connectivity index (χ0n) is 24.2. The van der Waals surface area contributed by atoms with Gasteiger partial charge >= 0.3 is 6.01 Å². The number of rotatable bonds is 6. The maximum atomic E-state index is 16.7. The number of alkyl halides is 2.